The molecule has 1 aliphatic heterocycles. The predicted molar refractivity (Wildman–Crippen MR) is 102 cm³/mol. The fraction of sp³-hybridized carbons (Fsp3) is 0.250. The molecular formula is C20H20N4O4. The lowest BCUT2D eigenvalue weighted by molar-refractivity contribution is -0.118. The molecule has 0 aliphatic carbocycles. The first-order valence-electron chi connectivity index (χ1n) is 9.03. The van der Waals surface area contributed by atoms with Crippen LogP contribution < -0.4 is 19.5 Å². The molecule has 144 valence electrons. The maximum absolute atomic E-state index is 12.3. The van der Waals surface area contributed by atoms with E-state index in [9.17, 15) is 4.79 Å². The molecule has 3 aromatic rings. The van der Waals surface area contributed by atoms with Crippen molar-refractivity contribution < 1.29 is 19.0 Å². The zero-order chi connectivity index (χ0) is 19.3. The molecule has 0 radical (unpaired) electrons. The molecule has 8 nitrogen and oxygen atoms in total. The molecule has 0 spiro atoms. The number of hydrogen-bond acceptors (Lipinski definition) is 6. The number of aryl methyl sites for hydroxylation is 1. The van der Waals surface area contributed by atoms with E-state index in [1.54, 1.807) is 35.4 Å². The molecule has 1 amide bonds. The van der Waals surface area contributed by atoms with Crippen molar-refractivity contribution in [3.63, 3.8) is 0 Å². The molecule has 0 fully saturated rings. The van der Waals surface area contributed by atoms with E-state index in [0.29, 0.717) is 36.1 Å². The molecule has 2 aromatic carbocycles. The van der Waals surface area contributed by atoms with Crippen LogP contribution in [-0.4, -0.2) is 40.5 Å². The summed E-state index contributed by atoms with van der Waals surface area (Å²) in [6.45, 7) is 2.97. The van der Waals surface area contributed by atoms with Crippen LogP contribution in [-0.2, 0) is 11.2 Å². The number of carbonyl (C=O) groups is 1. The Labute approximate surface area is 162 Å². The minimum Gasteiger partial charge on any atom is -0.486 e. The van der Waals surface area contributed by atoms with E-state index in [-0.39, 0.29) is 12.5 Å². The Bertz CT molecular complexity index is 972. The van der Waals surface area contributed by atoms with Gasteiger partial charge in [-0.3, -0.25) is 9.36 Å². The number of hydrogen-bond donors (Lipinski definition) is 1. The molecule has 28 heavy (non-hydrogen) atoms. The summed E-state index contributed by atoms with van der Waals surface area (Å²) >= 11 is 0. The molecule has 8 heteroatoms. The summed E-state index contributed by atoms with van der Waals surface area (Å²) in [4.78, 5) is 12.3. The van der Waals surface area contributed by atoms with Crippen molar-refractivity contribution in [3.05, 3.63) is 54.6 Å². The molecule has 0 atom stereocenters. The number of rotatable bonds is 6. The SMILES string of the molecule is CCc1ccc(OCC(=O)Nc2ccc3c(c2)OCCO3)c(-n2cnnc2)c1. The Morgan fingerprint density at radius 2 is 1.89 bits per heavy atom. The highest BCUT2D eigenvalue weighted by atomic mass is 16.6. The van der Waals surface area contributed by atoms with E-state index in [1.807, 2.05) is 18.2 Å². The van der Waals surface area contributed by atoms with E-state index in [1.165, 1.54) is 0 Å². The number of benzene rings is 2. The quantitative estimate of drug-likeness (QED) is 0.707. The minimum absolute atomic E-state index is 0.130. The standard InChI is InChI=1S/C20H20N4O4/c1-2-14-3-5-17(16(9-14)24-12-21-22-13-24)28-11-20(25)23-15-4-6-18-19(10-15)27-8-7-26-18/h3-6,9-10,12-13H,2,7-8,11H2,1H3,(H,23,25). The second kappa shape index (κ2) is 7.99. The van der Waals surface area contributed by atoms with Crippen molar-refractivity contribution in [2.75, 3.05) is 25.1 Å². The first-order chi connectivity index (χ1) is 13.7. The Morgan fingerprint density at radius 3 is 2.68 bits per heavy atom. The third-order valence-corrected chi connectivity index (χ3v) is 4.31. The number of nitrogens with zero attached hydrogens (tertiary/aromatic N) is 3. The van der Waals surface area contributed by atoms with E-state index >= 15 is 0 Å². The molecule has 1 N–H and O–H groups in total. The number of amides is 1. The van der Waals surface area contributed by atoms with E-state index in [2.05, 4.69) is 22.4 Å². The van der Waals surface area contributed by atoms with Gasteiger partial charge in [0.25, 0.3) is 5.91 Å². The summed E-state index contributed by atoms with van der Waals surface area (Å²) in [5, 5.41) is 10.5. The second-order valence-corrected chi connectivity index (χ2v) is 6.22. The van der Waals surface area contributed by atoms with Gasteiger partial charge < -0.3 is 19.5 Å². The summed E-state index contributed by atoms with van der Waals surface area (Å²) in [6.07, 6.45) is 4.08. The third-order valence-electron chi connectivity index (χ3n) is 4.31. The zero-order valence-electron chi connectivity index (χ0n) is 15.4. The molecular weight excluding hydrogens is 360 g/mol. The van der Waals surface area contributed by atoms with Gasteiger partial charge in [-0.05, 0) is 36.2 Å². The van der Waals surface area contributed by atoms with Crippen LogP contribution in [0, 0.1) is 0 Å². The van der Waals surface area contributed by atoms with Gasteiger partial charge in [-0.2, -0.15) is 0 Å². The normalized spacial score (nSPS) is 12.5. The molecule has 4 rings (SSSR count). The van der Waals surface area contributed by atoms with Gasteiger partial charge in [-0.15, -0.1) is 10.2 Å². The lowest BCUT2D eigenvalue weighted by Crippen LogP contribution is -2.21. The Hall–Kier alpha value is -3.55. The summed E-state index contributed by atoms with van der Waals surface area (Å²) in [6, 6.07) is 11.1. The van der Waals surface area contributed by atoms with Gasteiger partial charge in [-0.25, -0.2) is 0 Å². The lowest BCUT2D eigenvalue weighted by atomic mass is 10.1. The summed E-state index contributed by atoms with van der Waals surface area (Å²) in [5.74, 6) is 1.60. The smallest absolute Gasteiger partial charge is 0.262 e. The third kappa shape index (κ3) is 3.90. The van der Waals surface area contributed by atoms with E-state index in [0.717, 1.165) is 17.7 Å². The van der Waals surface area contributed by atoms with Crippen LogP contribution in [0.5, 0.6) is 17.2 Å². The van der Waals surface area contributed by atoms with Crippen molar-refractivity contribution in [1.82, 2.24) is 14.8 Å². The van der Waals surface area contributed by atoms with Crippen LogP contribution in [0.2, 0.25) is 0 Å². The number of aromatic nitrogens is 3. The highest BCUT2D eigenvalue weighted by molar-refractivity contribution is 5.92. The van der Waals surface area contributed by atoms with E-state index in [4.69, 9.17) is 14.2 Å². The van der Waals surface area contributed by atoms with Gasteiger partial charge >= 0.3 is 0 Å². The molecule has 0 unspecified atom stereocenters. The maximum atomic E-state index is 12.3. The minimum atomic E-state index is -0.272. The fourth-order valence-corrected chi connectivity index (χ4v) is 2.89. The zero-order valence-corrected chi connectivity index (χ0v) is 15.4. The highest BCUT2D eigenvalue weighted by Crippen LogP contribution is 2.32. The van der Waals surface area contributed by atoms with Crippen LogP contribution in [0.3, 0.4) is 0 Å². The molecule has 1 aliphatic rings. The number of nitrogens with one attached hydrogen (secondary N) is 1. The number of carbonyl (C=O) groups excluding carboxylic acids is 1. The average Bonchev–Trinajstić information content (AvgIpc) is 3.27. The molecule has 1 aromatic heterocycles. The van der Waals surface area contributed by atoms with Crippen molar-refractivity contribution in [2.45, 2.75) is 13.3 Å². The monoisotopic (exact) mass is 380 g/mol. The van der Waals surface area contributed by atoms with Crippen molar-refractivity contribution in [1.29, 1.82) is 0 Å². The van der Waals surface area contributed by atoms with Crippen LogP contribution >= 0.6 is 0 Å². The molecule has 2 heterocycles. The van der Waals surface area contributed by atoms with Gasteiger partial charge in [-0.1, -0.05) is 13.0 Å². The van der Waals surface area contributed by atoms with E-state index < -0.39 is 0 Å². The maximum Gasteiger partial charge on any atom is 0.262 e. The largest absolute Gasteiger partial charge is 0.486 e. The van der Waals surface area contributed by atoms with Crippen LogP contribution in [0.4, 0.5) is 5.69 Å². The van der Waals surface area contributed by atoms with Crippen LogP contribution in [0.25, 0.3) is 5.69 Å². The topological polar surface area (TPSA) is 87.5 Å². The highest BCUT2D eigenvalue weighted by Gasteiger charge is 2.14. The van der Waals surface area contributed by atoms with Gasteiger partial charge in [0, 0.05) is 11.8 Å². The molecule has 0 bridgehead atoms. The van der Waals surface area contributed by atoms with Crippen LogP contribution in [0.15, 0.2) is 49.1 Å². The van der Waals surface area contributed by atoms with Crippen molar-refractivity contribution in [2.24, 2.45) is 0 Å². The van der Waals surface area contributed by atoms with Crippen LogP contribution in [0.1, 0.15) is 12.5 Å². The predicted octanol–water partition coefficient (Wildman–Crippen LogP) is 2.62. The molecule has 0 saturated carbocycles. The number of fused-ring (bicyclic) bond motifs is 1. The van der Waals surface area contributed by atoms with Gasteiger partial charge in [0.2, 0.25) is 0 Å². The number of anilines is 1. The lowest BCUT2D eigenvalue weighted by Gasteiger charge is -2.19. The van der Waals surface area contributed by atoms with Crippen molar-refractivity contribution in [3.8, 4) is 22.9 Å². The van der Waals surface area contributed by atoms with Gasteiger partial charge in [0.15, 0.2) is 18.1 Å². The molecule has 0 saturated heterocycles. The summed E-state index contributed by atoms with van der Waals surface area (Å²) in [7, 11) is 0. The average molecular weight is 380 g/mol. The second-order valence-electron chi connectivity index (χ2n) is 6.22. The first kappa shape index (κ1) is 17.8. The number of ether oxygens (including phenoxy) is 3. The Kier molecular flexibility index (Phi) is 5.09. The van der Waals surface area contributed by atoms with Crippen molar-refractivity contribution >= 4 is 11.6 Å². The fourth-order valence-electron chi connectivity index (χ4n) is 2.89. The first-order valence-corrected chi connectivity index (χ1v) is 9.03. The van der Waals surface area contributed by atoms with Gasteiger partial charge in [0.1, 0.15) is 31.6 Å². The van der Waals surface area contributed by atoms with Gasteiger partial charge in [0.05, 0.1) is 5.69 Å². The summed E-state index contributed by atoms with van der Waals surface area (Å²) < 4.78 is 18.5. The Balaban J connectivity index is 1.44. The Morgan fingerprint density at radius 1 is 1.11 bits per heavy atom. The summed E-state index contributed by atoms with van der Waals surface area (Å²) in [5.41, 5.74) is 2.56.